The minimum Gasteiger partial charge on any atom is -0.305 e. The highest BCUT2D eigenvalue weighted by Gasteiger charge is 2.16. The van der Waals surface area contributed by atoms with Crippen molar-refractivity contribution in [3.05, 3.63) is 123 Å². The third-order valence-corrected chi connectivity index (χ3v) is 5.74. The van der Waals surface area contributed by atoms with Crippen LogP contribution in [0.15, 0.2) is 94.8 Å². The minimum atomic E-state index is -0.597. The summed E-state index contributed by atoms with van der Waals surface area (Å²) in [5.74, 6) is -0.597. The van der Waals surface area contributed by atoms with Gasteiger partial charge in [-0.15, -0.1) is 0 Å². The monoisotopic (exact) mass is 465 g/mol. The maximum atomic E-state index is 13.2. The molecule has 0 bridgehead atoms. The number of hydrogen-bond donors (Lipinski definition) is 0. The van der Waals surface area contributed by atoms with Crippen molar-refractivity contribution in [1.29, 1.82) is 5.26 Å². The molecule has 0 atom stereocenters. The Morgan fingerprint density at radius 2 is 1.76 bits per heavy atom. The van der Waals surface area contributed by atoms with Crippen molar-refractivity contribution in [3.8, 4) is 6.07 Å². The van der Waals surface area contributed by atoms with Gasteiger partial charge in [-0.1, -0.05) is 60.1 Å². The van der Waals surface area contributed by atoms with Crippen LogP contribution >= 0.6 is 11.6 Å². The Bertz CT molecular complexity index is 1750. The summed E-state index contributed by atoms with van der Waals surface area (Å²) in [5, 5.41) is 10.4. The van der Waals surface area contributed by atoms with Crippen molar-refractivity contribution >= 4 is 34.2 Å². The van der Waals surface area contributed by atoms with Gasteiger partial charge in [0.15, 0.2) is 5.49 Å². The molecule has 7 nitrogen and oxygen atoms in total. The van der Waals surface area contributed by atoms with E-state index in [1.54, 1.807) is 53.2 Å². The summed E-state index contributed by atoms with van der Waals surface area (Å²) in [6.45, 7) is 0.247. The lowest BCUT2D eigenvalue weighted by Gasteiger charge is -2.14. The van der Waals surface area contributed by atoms with Crippen molar-refractivity contribution in [2.75, 3.05) is 0 Å². The van der Waals surface area contributed by atoms with Crippen LogP contribution in [-0.4, -0.2) is 19.9 Å². The number of amides is 1. The Morgan fingerprint density at radius 1 is 1.03 bits per heavy atom. The van der Waals surface area contributed by atoms with Crippen molar-refractivity contribution in [2.45, 2.75) is 6.54 Å². The Hall–Kier alpha value is -4.54. The maximum absolute atomic E-state index is 13.2. The lowest BCUT2D eigenvalue weighted by molar-refractivity contribution is 0.0997. The lowest BCUT2D eigenvalue weighted by atomic mass is 10.1. The fourth-order valence-electron chi connectivity index (χ4n) is 3.79. The Labute approximate surface area is 198 Å². The van der Waals surface area contributed by atoms with Crippen LogP contribution in [0.2, 0.25) is 5.02 Å². The van der Waals surface area contributed by atoms with Gasteiger partial charge in [-0.3, -0.25) is 14.0 Å². The first-order valence-corrected chi connectivity index (χ1v) is 10.8. The molecule has 8 heteroatoms. The van der Waals surface area contributed by atoms with E-state index in [-0.39, 0.29) is 39.1 Å². The van der Waals surface area contributed by atoms with Gasteiger partial charge in [-0.05, 0) is 35.9 Å². The van der Waals surface area contributed by atoms with Crippen LogP contribution in [0, 0.1) is 11.3 Å². The zero-order valence-corrected chi connectivity index (χ0v) is 18.5. The zero-order chi connectivity index (χ0) is 23.7. The maximum Gasteiger partial charge on any atom is 0.280 e. The van der Waals surface area contributed by atoms with Gasteiger partial charge in [0.25, 0.3) is 11.5 Å². The van der Waals surface area contributed by atoms with Crippen LogP contribution in [0.5, 0.6) is 0 Å². The number of rotatable bonds is 3. The molecule has 0 aliphatic heterocycles. The summed E-state index contributed by atoms with van der Waals surface area (Å²) < 4.78 is 3.05. The van der Waals surface area contributed by atoms with Crippen LogP contribution in [0.25, 0.3) is 16.7 Å². The summed E-state index contributed by atoms with van der Waals surface area (Å²) in [4.78, 5) is 35.3. The van der Waals surface area contributed by atoms with E-state index in [1.807, 2.05) is 30.3 Å². The Balaban J connectivity index is 1.88. The van der Waals surface area contributed by atoms with Crippen LogP contribution in [0.1, 0.15) is 21.5 Å². The molecule has 34 heavy (non-hydrogen) atoms. The van der Waals surface area contributed by atoms with Crippen molar-refractivity contribution in [1.82, 2.24) is 14.0 Å². The molecule has 2 aromatic carbocycles. The van der Waals surface area contributed by atoms with Gasteiger partial charge in [0.05, 0.1) is 28.1 Å². The van der Waals surface area contributed by atoms with E-state index in [0.717, 1.165) is 5.56 Å². The molecule has 0 aliphatic rings. The second-order valence-corrected chi connectivity index (χ2v) is 7.95. The first-order valence-electron chi connectivity index (χ1n) is 10.4. The summed E-state index contributed by atoms with van der Waals surface area (Å²) >= 11 is 6.20. The summed E-state index contributed by atoms with van der Waals surface area (Å²) in [6, 6.07) is 24.8. The fourth-order valence-corrected chi connectivity index (χ4v) is 4.00. The molecule has 0 spiro atoms. The van der Waals surface area contributed by atoms with Gasteiger partial charge in [0.1, 0.15) is 17.4 Å². The third-order valence-electron chi connectivity index (χ3n) is 5.41. The van der Waals surface area contributed by atoms with Crippen LogP contribution in [0.4, 0.5) is 0 Å². The molecule has 0 unspecified atom stereocenters. The van der Waals surface area contributed by atoms with Crippen LogP contribution in [0.3, 0.4) is 0 Å². The number of fused-ring (bicyclic) bond motifs is 2. The SMILES string of the molecule is N#Cc1cc2c(=O)n3ccccc3nc2n(Cc2ccccc2)c1=NC(=O)c1ccccc1Cl. The molecule has 3 heterocycles. The van der Waals surface area contributed by atoms with Gasteiger partial charge in [0, 0.05) is 6.20 Å². The highest BCUT2D eigenvalue weighted by atomic mass is 35.5. The lowest BCUT2D eigenvalue weighted by Crippen LogP contribution is -2.30. The Kier molecular flexibility index (Phi) is 5.50. The number of pyridine rings is 2. The quantitative estimate of drug-likeness (QED) is 0.377. The average molecular weight is 466 g/mol. The van der Waals surface area contributed by atoms with E-state index in [1.165, 1.54) is 10.5 Å². The normalized spacial score (nSPS) is 11.6. The predicted molar refractivity (Wildman–Crippen MR) is 129 cm³/mol. The second-order valence-electron chi connectivity index (χ2n) is 7.55. The topological polar surface area (TPSA) is 92.5 Å². The molecule has 0 saturated heterocycles. The summed E-state index contributed by atoms with van der Waals surface area (Å²) in [5.41, 5.74) is 1.74. The Morgan fingerprint density at radius 3 is 2.53 bits per heavy atom. The average Bonchev–Trinajstić information content (AvgIpc) is 2.86. The molecule has 0 fully saturated rings. The van der Waals surface area contributed by atoms with E-state index in [4.69, 9.17) is 11.6 Å². The van der Waals surface area contributed by atoms with Gasteiger partial charge in [-0.25, -0.2) is 4.98 Å². The number of carbonyl (C=O) groups is 1. The fraction of sp³-hybridized carbons (Fsp3) is 0.0385. The smallest absolute Gasteiger partial charge is 0.280 e. The molecule has 5 rings (SSSR count). The highest BCUT2D eigenvalue weighted by Crippen LogP contribution is 2.17. The standard InChI is InChI=1S/C26H16ClN5O2/c27-21-11-5-4-10-19(21)25(33)30-23-18(15-28)14-20-24(32(23)16-17-8-2-1-3-9-17)29-22-12-6-7-13-31(22)26(20)34/h1-14H,16H2. The van der Waals surface area contributed by atoms with Crippen molar-refractivity contribution in [2.24, 2.45) is 4.99 Å². The molecular weight excluding hydrogens is 450 g/mol. The number of carbonyl (C=O) groups excluding carboxylic acids is 1. The third kappa shape index (κ3) is 3.76. The van der Waals surface area contributed by atoms with Gasteiger partial charge >= 0.3 is 0 Å². The minimum absolute atomic E-state index is 0.0821. The van der Waals surface area contributed by atoms with E-state index < -0.39 is 5.91 Å². The highest BCUT2D eigenvalue weighted by molar-refractivity contribution is 6.33. The zero-order valence-electron chi connectivity index (χ0n) is 17.7. The van der Waals surface area contributed by atoms with E-state index in [9.17, 15) is 14.9 Å². The number of halogens is 1. The number of hydrogen-bond acceptors (Lipinski definition) is 4. The van der Waals surface area contributed by atoms with Crippen LogP contribution < -0.4 is 11.0 Å². The molecule has 3 aromatic heterocycles. The number of nitriles is 1. The van der Waals surface area contributed by atoms with Gasteiger partial charge in [0.2, 0.25) is 0 Å². The summed E-state index contributed by atoms with van der Waals surface area (Å²) in [6.07, 6.45) is 1.62. The van der Waals surface area contributed by atoms with Crippen LogP contribution in [-0.2, 0) is 6.54 Å². The molecule has 0 aliphatic carbocycles. The molecule has 164 valence electrons. The van der Waals surface area contributed by atoms with Gasteiger partial charge in [-0.2, -0.15) is 10.3 Å². The molecular formula is C26H16ClN5O2. The molecule has 1 amide bonds. The van der Waals surface area contributed by atoms with E-state index in [2.05, 4.69) is 16.0 Å². The first-order chi connectivity index (χ1) is 16.6. The predicted octanol–water partition coefficient (Wildman–Crippen LogP) is 3.96. The summed E-state index contributed by atoms with van der Waals surface area (Å²) in [7, 11) is 0. The molecule has 0 N–H and O–H groups in total. The molecule has 0 radical (unpaired) electrons. The number of nitrogens with zero attached hydrogens (tertiary/aromatic N) is 5. The van der Waals surface area contributed by atoms with Gasteiger partial charge < -0.3 is 4.57 Å². The number of benzene rings is 2. The van der Waals surface area contributed by atoms with Crippen molar-refractivity contribution in [3.63, 3.8) is 0 Å². The van der Waals surface area contributed by atoms with Crippen molar-refractivity contribution < 1.29 is 4.79 Å². The first kappa shape index (κ1) is 21.3. The second kappa shape index (κ2) is 8.77. The number of aromatic nitrogens is 3. The molecule has 0 saturated carbocycles. The molecule has 5 aromatic rings. The van der Waals surface area contributed by atoms with E-state index >= 15 is 0 Å². The largest absolute Gasteiger partial charge is 0.305 e. The van der Waals surface area contributed by atoms with E-state index in [0.29, 0.717) is 11.3 Å².